The molecule has 3 heterocycles. The zero-order valence-electron chi connectivity index (χ0n) is 15.0. The average Bonchev–Trinajstić information content (AvgIpc) is 3.30. The van der Waals surface area contributed by atoms with Crippen LogP contribution in [-0.4, -0.2) is 11.7 Å². The molecule has 2 aromatic rings. The minimum absolute atomic E-state index is 0.0737. The Morgan fingerprint density at radius 1 is 1.28 bits per heavy atom. The van der Waals surface area contributed by atoms with Gasteiger partial charge in [-0.2, -0.15) is 5.26 Å². The third-order valence-electron chi connectivity index (χ3n) is 5.68. The molecule has 29 heavy (non-hydrogen) atoms. The van der Waals surface area contributed by atoms with Crippen molar-refractivity contribution in [3.05, 3.63) is 75.2 Å². The van der Waals surface area contributed by atoms with Gasteiger partial charge in [-0.25, -0.2) is 0 Å². The van der Waals surface area contributed by atoms with Gasteiger partial charge in [0.2, 0.25) is 11.8 Å². The summed E-state index contributed by atoms with van der Waals surface area (Å²) >= 11 is 3.42. The predicted molar refractivity (Wildman–Crippen MR) is 105 cm³/mol. The maximum atomic E-state index is 13.4. The van der Waals surface area contributed by atoms with E-state index in [0.29, 0.717) is 33.7 Å². The maximum absolute atomic E-state index is 13.4. The third-order valence-corrected chi connectivity index (χ3v) is 6.18. The van der Waals surface area contributed by atoms with Crippen molar-refractivity contribution >= 4 is 33.3 Å². The van der Waals surface area contributed by atoms with Gasteiger partial charge in [-0.15, -0.1) is 0 Å². The summed E-state index contributed by atoms with van der Waals surface area (Å²) in [5.41, 5.74) is 5.63. The zero-order valence-corrected chi connectivity index (χ0v) is 16.6. The molecule has 7 nitrogen and oxygen atoms in total. The molecule has 0 radical (unpaired) electrons. The highest BCUT2D eigenvalue weighted by molar-refractivity contribution is 9.10. The molecule has 1 aromatic heterocycles. The van der Waals surface area contributed by atoms with Crippen LogP contribution in [0.4, 0.5) is 5.69 Å². The number of rotatable bonds is 1. The normalized spacial score (nSPS) is 25.4. The average molecular weight is 452 g/mol. The molecule has 1 aromatic carbocycles. The van der Waals surface area contributed by atoms with Gasteiger partial charge in [0.05, 0.1) is 11.8 Å². The van der Waals surface area contributed by atoms with E-state index in [0.717, 1.165) is 0 Å². The molecule has 0 fully saturated rings. The molecule has 1 spiro atoms. The number of amides is 1. The molecular formula is C21H14BrN3O4. The summed E-state index contributed by atoms with van der Waals surface area (Å²) in [5.74, 6) is -0.169. The van der Waals surface area contributed by atoms with Gasteiger partial charge >= 0.3 is 0 Å². The fraction of sp³-hybridized carbons (Fsp3) is 0.190. The predicted octanol–water partition coefficient (Wildman–Crippen LogP) is 3.36. The molecule has 0 saturated carbocycles. The Balaban J connectivity index is 1.77. The van der Waals surface area contributed by atoms with Crippen molar-refractivity contribution in [3.63, 3.8) is 0 Å². The molecule has 144 valence electrons. The first kappa shape index (κ1) is 17.8. The van der Waals surface area contributed by atoms with E-state index in [1.807, 2.05) is 6.07 Å². The SMILES string of the molecule is N#CC1=C(N)OC2=C(C(=O)CC(c3ccco3)C2)C12C(=O)Nc1ccc(Br)cc12. The van der Waals surface area contributed by atoms with E-state index in [2.05, 4.69) is 21.2 Å². The van der Waals surface area contributed by atoms with Crippen LogP contribution in [0, 0.1) is 11.3 Å². The van der Waals surface area contributed by atoms with Gasteiger partial charge in [0, 0.05) is 34.5 Å². The number of carbonyl (C=O) groups excluding carboxylic acids is 2. The van der Waals surface area contributed by atoms with E-state index in [1.54, 1.807) is 36.6 Å². The summed E-state index contributed by atoms with van der Waals surface area (Å²) in [7, 11) is 0. The highest BCUT2D eigenvalue weighted by Gasteiger charge is 2.60. The minimum Gasteiger partial charge on any atom is -0.469 e. The molecule has 3 N–H and O–H groups in total. The van der Waals surface area contributed by atoms with Crippen LogP contribution in [0.25, 0.3) is 0 Å². The van der Waals surface area contributed by atoms with E-state index < -0.39 is 11.3 Å². The van der Waals surface area contributed by atoms with Crippen molar-refractivity contribution in [1.29, 1.82) is 5.26 Å². The Hall–Kier alpha value is -3.31. The summed E-state index contributed by atoms with van der Waals surface area (Å²) in [6.07, 6.45) is 2.03. The summed E-state index contributed by atoms with van der Waals surface area (Å²) in [4.78, 5) is 26.7. The number of nitriles is 1. The number of anilines is 1. The number of Topliss-reactive ketones (excluding diaryl/α,β-unsaturated/α-hetero) is 1. The van der Waals surface area contributed by atoms with E-state index in [1.165, 1.54) is 0 Å². The highest BCUT2D eigenvalue weighted by atomic mass is 79.9. The second-order valence-corrected chi connectivity index (χ2v) is 8.10. The molecule has 2 unspecified atom stereocenters. The standard InChI is InChI=1S/C21H14BrN3O4/c22-11-3-4-14-12(8-11)21(20(27)25-14)13(9-23)19(24)29-17-7-10(6-15(26)18(17)21)16-2-1-5-28-16/h1-5,8,10H,6-7,24H2,(H,25,27). The van der Waals surface area contributed by atoms with Crippen LogP contribution in [0.5, 0.6) is 0 Å². The number of ketones is 1. The Bertz CT molecular complexity index is 1190. The Morgan fingerprint density at radius 3 is 2.83 bits per heavy atom. The van der Waals surface area contributed by atoms with Crippen LogP contribution < -0.4 is 11.1 Å². The van der Waals surface area contributed by atoms with Crippen LogP contribution in [-0.2, 0) is 19.7 Å². The van der Waals surface area contributed by atoms with E-state index in [-0.39, 0.29) is 35.2 Å². The smallest absolute Gasteiger partial charge is 0.245 e. The van der Waals surface area contributed by atoms with Crippen molar-refractivity contribution in [2.45, 2.75) is 24.2 Å². The molecular weight excluding hydrogens is 438 g/mol. The zero-order chi connectivity index (χ0) is 20.3. The van der Waals surface area contributed by atoms with Gasteiger partial charge < -0.3 is 20.2 Å². The number of halogens is 1. The molecule has 0 bridgehead atoms. The summed E-state index contributed by atoms with van der Waals surface area (Å²) in [6.45, 7) is 0. The van der Waals surface area contributed by atoms with Gasteiger partial charge in [-0.1, -0.05) is 15.9 Å². The van der Waals surface area contributed by atoms with Crippen molar-refractivity contribution in [1.82, 2.24) is 0 Å². The third kappa shape index (κ3) is 2.28. The molecule has 1 amide bonds. The summed E-state index contributed by atoms with van der Waals surface area (Å²) < 4.78 is 11.9. The van der Waals surface area contributed by atoms with Gasteiger partial charge in [-0.05, 0) is 30.3 Å². The topological polar surface area (TPSA) is 118 Å². The van der Waals surface area contributed by atoms with Crippen LogP contribution >= 0.6 is 15.9 Å². The number of allylic oxidation sites excluding steroid dienone is 1. The fourth-order valence-electron chi connectivity index (χ4n) is 4.52. The monoisotopic (exact) mass is 451 g/mol. The Labute approximate surface area is 173 Å². The van der Waals surface area contributed by atoms with Crippen LogP contribution in [0.15, 0.2) is 68.3 Å². The largest absolute Gasteiger partial charge is 0.469 e. The number of nitrogens with two attached hydrogens (primary N) is 1. The van der Waals surface area contributed by atoms with Crippen molar-refractivity contribution < 1.29 is 18.7 Å². The first-order chi connectivity index (χ1) is 14.0. The van der Waals surface area contributed by atoms with Crippen molar-refractivity contribution in [2.75, 3.05) is 5.32 Å². The Morgan fingerprint density at radius 2 is 2.10 bits per heavy atom. The minimum atomic E-state index is -1.61. The lowest BCUT2D eigenvalue weighted by molar-refractivity contribution is -0.123. The van der Waals surface area contributed by atoms with E-state index in [9.17, 15) is 14.9 Å². The van der Waals surface area contributed by atoms with Crippen LogP contribution in [0.1, 0.15) is 30.1 Å². The molecule has 5 rings (SSSR count). The molecule has 2 atom stereocenters. The van der Waals surface area contributed by atoms with Crippen LogP contribution in [0.3, 0.4) is 0 Å². The maximum Gasteiger partial charge on any atom is 0.245 e. The lowest BCUT2D eigenvalue weighted by Gasteiger charge is -2.38. The lowest BCUT2D eigenvalue weighted by atomic mass is 9.64. The molecule has 1 aliphatic carbocycles. The Kier molecular flexibility index (Phi) is 3.73. The summed E-state index contributed by atoms with van der Waals surface area (Å²) in [6, 6.07) is 10.8. The van der Waals surface area contributed by atoms with E-state index >= 15 is 0 Å². The number of furan rings is 1. The van der Waals surface area contributed by atoms with Crippen molar-refractivity contribution in [2.24, 2.45) is 5.73 Å². The number of hydrogen-bond acceptors (Lipinski definition) is 6. The fourth-order valence-corrected chi connectivity index (χ4v) is 4.88. The lowest BCUT2D eigenvalue weighted by Crippen LogP contribution is -2.47. The second-order valence-electron chi connectivity index (χ2n) is 7.19. The van der Waals surface area contributed by atoms with Gasteiger partial charge in [0.25, 0.3) is 0 Å². The van der Waals surface area contributed by atoms with Gasteiger partial charge in [0.1, 0.15) is 28.6 Å². The number of ether oxygens (including phenoxy) is 1. The molecule has 0 saturated heterocycles. The number of hydrogen-bond donors (Lipinski definition) is 2. The number of carbonyl (C=O) groups is 2. The number of nitrogens with one attached hydrogen (secondary N) is 1. The van der Waals surface area contributed by atoms with Gasteiger partial charge in [0.15, 0.2) is 5.78 Å². The molecule has 8 heteroatoms. The first-order valence-corrected chi connectivity index (χ1v) is 9.76. The number of fused-ring (bicyclic) bond motifs is 3. The number of benzene rings is 1. The molecule has 3 aliphatic rings. The van der Waals surface area contributed by atoms with E-state index in [4.69, 9.17) is 14.9 Å². The molecule has 2 aliphatic heterocycles. The van der Waals surface area contributed by atoms with Crippen LogP contribution in [0.2, 0.25) is 0 Å². The quantitative estimate of drug-likeness (QED) is 0.685. The first-order valence-electron chi connectivity index (χ1n) is 8.96. The highest BCUT2D eigenvalue weighted by Crippen LogP contribution is 2.55. The van der Waals surface area contributed by atoms with Gasteiger partial charge in [-0.3, -0.25) is 9.59 Å². The van der Waals surface area contributed by atoms with Crippen molar-refractivity contribution in [3.8, 4) is 6.07 Å². The number of nitrogens with zero attached hydrogens (tertiary/aromatic N) is 1. The second kappa shape index (κ2) is 6.09. The summed E-state index contributed by atoms with van der Waals surface area (Å²) in [5, 5.41) is 12.7.